The molecule has 0 saturated carbocycles. The predicted octanol–water partition coefficient (Wildman–Crippen LogP) is 1.49. The Hall–Kier alpha value is -2.30. The average molecular weight is 369 g/mol. The maximum atomic E-state index is 10.8. The van der Waals surface area contributed by atoms with Crippen molar-refractivity contribution in [1.29, 1.82) is 0 Å². The number of hydrogen-bond donors (Lipinski definition) is 0. The smallest absolute Gasteiger partial charge is 0.289 e. The molecule has 0 aromatic carbocycles. The molecule has 10 nitrogen and oxygen atoms in total. The zero-order valence-corrected chi connectivity index (χ0v) is 14.3. The molecule has 3 heterocycles. The van der Waals surface area contributed by atoms with Crippen molar-refractivity contribution in [1.82, 2.24) is 20.0 Å². The third-order valence-electron chi connectivity index (χ3n) is 3.83. The lowest BCUT2D eigenvalue weighted by Gasteiger charge is -2.34. The molecule has 3 rings (SSSR count). The molecule has 2 aromatic rings. The summed E-state index contributed by atoms with van der Waals surface area (Å²) in [5.41, 5.74) is -0.115. The van der Waals surface area contributed by atoms with E-state index in [4.69, 9.17) is 20.9 Å². The number of halogens is 1. The summed E-state index contributed by atoms with van der Waals surface area (Å²) in [7, 11) is 1.58. The van der Waals surface area contributed by atoms with Crippen LogP contribution in [0.4, 0.5) is 11.5 Å². The van der Waals surface area contributed by atoms with Gasteiger partial charge < -0.3 is 14.2 Å². The molecule has 0 spiro atoms. The van der Waals surface area contributed by atoms with Crippen molar-refractivity contribution < 1.29 is 14.2 Å². The molecule has 0 bridgehead atoms. The first kappa shape index (κ1) is 17.5. The molecule has 1 fully saturated rings. The van der Waals surface area contributed by atoms with Crippen LogP contribution < -0.4 is 4.90 Å². The normalized spacial score (nSPS) is 15.5. The monoisotopic (exact) mass is 368 g/mol. The maximum Gasteiger partial charge on any atom is 0.289 e. The standard InChI is InChI=1S/C14H17ClN6O4/c1-24-9-12-17-13(25-18-12)8-19-2-4-20(5-3-19)14-11(15)6-10(7-16-14)21(22)23/h6-7H,2-5,8-9H2,1H3. The van der Waals surface area contributed by atoms with Gasteiger partial charge in [0.15, 0.2) is 5.82 Å². The minimum Gasteiger partial charge on any atom is -0.377 e. The molecular weight excluding hydrogens is 352 g/mol. The minimum absolute atomic E-state index is 0.115. The summed E-state index contributed by atoms with van der Waals surface area (Å²) in [5, 5.41) is 14.9. The molecule has 1 saturated heterocycles. The topological polar surface area (TPSA) is 111 Å². The molecular formula is C14H17ClN6O4. The number of rotatable bonds is 6. The highest BCUT2D eigenvalue weighted by atomic mass is 35.5. The Balaban J connectivity index is 1.57. The van der Waals surface area contributed by atoms with Crippen molar-refractivity contribution >= 4 is 23.1 Å². The Morgan fingerprint density at radius 2 is 2.16 bits per heavy atom. The number of methoxy groups -OCH3 is 1. The van der Waals surface area contributed by atoms with Gasteiger partial charge in [-0.05, 0) is 0 Å². The summed E-state index contributed by atoms with van der Waals surface area (Å²) < 4.78 is 10.2. The molecule has 0 radical (unpaired) electrons. The molecule has 0 atom stereocenters. The van der Waals surface area contributed by atoms with E-state index < -0.39 is 4.92 Å². The van der Waals surface area contributed by atoms with Gasteiger partial charge in [0.05, 0.1) is 16.5 Å². The fourth-order valence-corrected chi connectivity index (χ4v) is 2.88. The van der Waals surface area contributed by atoms with Gasteiger partial charge >= 0.3 is 0 Å². The lowest BCUT2D eigenvalue weighted by Crippen LogP contribution is -2.46. The molecule has 0 N–H and O–H groups in total. The van der Waals surface area contributed by atoms with E-state index in [1.807, 2.05) is 4.90 Å². The molecule has 0 unspecified atom stereocenters. The number of anilines is 1. The SMILES string of the molecule is COCc1noc(CN2CCN(c3ncc([N+](=O)[O-])cc3Cl)CC2)n1. The van der Waals surface area contributed by atoms with Crippen LogP contribution in [0.2, 0.25) is 5.02 Å². The van der Waals surface area contributed by atoms with Gasteiger partial charge in [-0.2, -0.15) is 4.98 Å². The molecule has 1 aliphatic heterocycles. The lowest BCUT2D eigenvalue weighted by atomic mass is 10.3. The molecule has 25 heavy (non-hydrogen) atoms. The summed E-state index contributed by atoms with van der Waals surface area (Å²) in [4.78, 5) is 22.8. The van der Waals surface area contributed by atoms with Gasteiger partial charge in [0.2, 0.25) is 5.89 Å². The molecule has 2 aromatic heterocycles. The number of nitro groups is 1. The Morgan fingerprint density at radius 1 is 1.40 bits per heavy atom. The first-order valence-electron chi connectivity index (χ1n) is 7.64. The van der Waals surface area contributed by atoms with Crippen LogP contribution in [0, 0.1) is 10.1 Å². The van der Waals surface area contributed by atoms with E-state index in [1.54, 1.807) is 7.11 Å². The van der Waals surface area contributed by atoms with Gasteiger partial charge in [0.1, 0.15) is 18.6 Å². The van der Waals surface area contributed by atoms with Crippen molar-refractivity contribution in [3.05, 3.63) is 39.1 Å². The van der Waals surface area contributed by atoms with E-state index in [0.29, 0.717) is 43.8 Å². The molecule has 134 valence electrons. The Morgan fingerprint density at radius 3 is 2.80 bits per heavy atom. The number of piperazine rings is 1. The number of nitrogens with zero attached hydrogens (tertiary/aromatic N) is 6. The van der Waals surface area contributed by atoms with E-state index >= 15 is 0 Å². The minimum atomic E-state index is -0.511. The number of ether oxygens (including phenoxy) is 1. The van der Waals surface area contributed by atoms with Gasteiger partial charge in [0.25, 0.3) is 5.69 Å². The molecule has 1 aliphatic rings. The van der Waals surface area contributed by atoms with Crippen LogP contribution in [0.1, 0.15) is 11.7 Å². The average Bonchev–Trinajstić information content (AvgIpc) is 3.03. The fourth-order valence-electron chi connectivity index (χ4n) is 2.60. The van der Waals surface area contributed by atoms with Crippen LogP contribution in [0.25, 0.3) is 0 Å². The maximum absolute atomic E-state index is 10.8. The number of hydrogen-bond acceptors (Lipinski definition) is 9. The summed E-state index contributed by atoms with van der Waals surface area (Å²) in [6, 6.07) is 1.33. The summed E-state index contributed by atoms with van der Waals surface area (Å²) in [6.45, 7) is 3.80. The van der Waals surface area contributed by atoms with E-state index in [2.05, 4.69) is 20.0 Å². The predicted molar refractivity (Wildman–Crippen MR) is 88.4 cm³/mol. The zero-order valence-electron chi connectivity index (χ0n) is 13.6. The Labute approximate surface area is 148 Å². The number of aromatic nitrogens is 3. The second-order valence-electron chi connectivity index (χ2n) is 5.56. The first-order chi connectivity index (χ1) is 12.1. The third kappa shape index (κ3) is 4.21. The van der Waals surface area contributed by atoms with E-state index in [-0.39, 0.29) is 10.7 Å². The second kappa shape index (κ2) is 7.72. The Kier molecular flexibility index (Phi) is 5.41. The summed E-state index contributed by atoms with van der Waals surface area (Å²) in [6.07, 6.45) is 1.23. The van der Waals surface area contributed by atoms with E-state index in [9.17, 15) is 10.1 Å². The van der Waals surface area contributed by atoms with Crippen molar-refractivity contribution in [3.63, 3.8) is 0 Å². The highest BCUT2D eigenvalue weighted by Crippen LogP contribution is 2.27. The van der Waals surface area contributed by atoms with Crippen LogP contribution in [-0.4, -0.2) is 58.2 Å². The van der Waals surface area contributed by atoms with Gasteiger partial charge in [0, 0.05) is 39.4 Å². The van der Waals surface area contributed by atoms with Crippen molar-refractivity contribution in [2.75, 3.05) is 38.2 Å². The fraction of sp³-hybridized carbons (Fsp3) is 0.500. The van der Waals surface area contributed by atoms with E-state index in [1.165, 1.54) is 12.3 Å². The first-order valence-corrected chi connectivity index (χ1v) is 8.02. The molecule has 0 aliphatic carbocycles. The quantitative estimate of drug-likeness (QED) is 0.553. The largest absolute Gasteiger partial charge is 0.377 e. The molecule has 11 heteroatoms. The van der Waals surface area contributed by atoms with Crippen LogP contribution in [0.5, 0.6) is 0 Å². The van der Waals surface area contributed by atoms with Crippen LogP contribution in [-0.2, 0) is 17.9 Å². The van der Waals surface area contributed by atoms with E-state index in [0.717, 1.165) is 13.1 Å². The van der Waals surface area contributed by atoms with Gasteiger partial charge in [-0.15, -0.1) is 0 Å². The second-order valence-corrected chi connectivity index (χ2v) is 5.96. The van der Waals surface area contributed by atoms with Gasteiger partial charge in [-0.1, -0.05) is 16.8 Å². The highest BCUT2D eigenvalue weighted by Gasteiger charge is 2.22. The van der Waals surface area contributed by atoms with Crippen LogP contribution in [0.3, 0.4) is 0 Å². The number of pyridine rings is 1. The Bertz CT molecular complexity index is 747. The third-order valence-corrected chi connectivity index (χ3v) is 4.11. The lowest BCUT2D eigenvalue weighted by molar-refractivity contribution is -0.385. The van der Waals surface area contributed by atoms with Gasteiger partial charge in [-0.3, -0.25) is 15.0 Å². The van der Waals surface area contributed by atoms with Crippen LogP contribution >= 0.6 is 11.6 Å². The highest BCUT2D eigenvalue weighted by molar-refractivity contribution is 6.33. The van der Waals surface area contributed by atoms with Gasteiger partial charge in [-0.25, -0.2) is 4.98 Å². The summed E-state index contributed by atoms with van der Waals surface area (Å²) >= 11 is 6.14. The molecule has 0 amide bonds. The van der Waals surface area contributed by atoms with Crippen molar-refractivity contribution in [3.8, 4) is 0 Å². The van der Waals surface area contributed by atoms with Crippen molar-refractivity contribution in [2.45, 2.75) is 13.2 Å². The summed E-state index contributed by atoms with van der Waals surface area (Å²) in [5.74, 6) is 1.64. The zero-order chi connectivity index (χ0) is 17.8. The van der Waals surface area contributed by atoms with Crippen molar-refractivity contribution in [2.24, 2.45) is 0 Å². The van der Waals surface area contributed by atoms with Crippen LogP contribution in [0.15, 0.2) is 16.8 Å².